The van der Waals surface area contributed by atoms with E-state index in [-0.39, 0.29) is 5.54 Å². The molecule has 0 bridgehead atoms. The zero-order valence-corrected chi connectivity index (χ0v) is 16.7. The summed E-state index contributed by atoms with van der Waals surface area (Å²) in [6.45, 7) is 11.5. The fraction of sp³-hybridized carbons (Fsp3) is 0.733. The van der Waals surface area contributed by atoms with Gasteiger partial charge >= 0.3 is 114 Å². The van der Waals surface area contributed by atoms with Gasteiger partial charge in [0.15, 0.2) is 0 Å². The molecule has 0 fully saturated rings. The van der Waals surface area contributed by atoms with Crippen LogP contribution in [-0.4, -0.2) is 15.6 Å². The average molecular weight is 303 g/mol. The fourth-order valence-corrected chi connectivity index (χ4v) is 15.8. The van der Waals surface area contributed by atoms with E-state index in [1.54, 1.807) is 5.70 Å². The van der Waals surface area contributed by atoms with Gasteiger partial charge in [-0.3, -0.25) is 0 Å². The van der Waals surface area contributed by atoms with Crippen LogP contribution in [0.15, 0.2) is 23.9 Å². The molecule has 0 saturated carbocycles. The van der Waals surface area contributed by atoms with Gasteiger partial charge in [0, 0.05) is 0 Å². The van der Waals surface area contributed by atoms with Crippen LogP contribution in [-0.2, 0) is 13.5 Å². The summed E-state index contributed by atoms with van der Waals surface area (Å²) in [5.74, 6) is 0. The minimum absolute atomic E-state index is 0.215. The maximum absolute atomic E-state index is 3.10. The van der Waals surface area contributed by atoms with Crippen molar-refractivity contribution in [1.29, 1.82) is 0 Å². The van der Waals surface area contributed by atoms with Crippen molar-refractivity contribution in [3.05, 3.63) is 23.9 Å². The Hall–Kier alpha value is 0.211. The molecule has 0 heterocycles. The monoisotopic (exact) mass is 303 g/mol. The summed E-state index contributed by atoms with van der Waals surface area (Å²) in [6, 6.07) is 0. The number of hydrogen-bond donors (Lipinski definition) is 0. The molecule has 0 atom stereocenters. The molecule has 106 valence electrons. The second kappa shape index (κ2) is 3.86. The normalized spacial score (nSPS) is 20.7. The van der Waals surface area contributed by atoms with E-state index in [4.69, 9.17) is 0 Å². The van der Waals surface area contributed by atoms with Crippen LogP contribution >= 0.6 is 0 Å². The van der Waals surface area contributed by atoms with Crippen LogP contribution in [0.1, 0.15) is 27.2 Å². The molecule has 0 radical (unpaired) electrons. The maximum atomic E-state index is 2.88. The predicted molar refractivity (Wildman–Crippen MR) is 85.8 cm³/mol. The molecule has 0 aromatic rings. The Morgan fingerprint density at radius 2 is 1.61 bits per heavy atom. The Labute approximate surface area is 114 Å². The van der Waals surface area contributed by atoms with Crippen molar-refractivity contribution in [3.63, 3.8) is 0 Å². The quantitative estimate of drug-likeness (QED) is 0.644. The first-order chi connectivity index (χ1) is 7.70. The third-order valence-electron chi connectivity index (χ3n) is 5.30. The fourth-order valence-electron chi connectivity index (χ4n) is 3.48. The first-order valence-electron chi connectivity index (χ1n) is 7.33. The third-order valence-corrected chi connectivity index (χ3v) is 40.2. The van der Waals surface area contributed by atoms with Crippen molar-refractivity contribution in [2.45, 2.75) is 66.7 Å². The Balaban J connectivity index is 3.47. The Morgan fingerprint density at radius 1 is 1.11 bits per heavy atom. The van der Waals surface area contributed by atoms with Crippen molar-refractivity contribution in [3.8, 4) is 0 Å². The van der Waals surface area contributed by atoms with Crippen LogP contribution in [0.2, 0.25) is 34.0 Å². The summed E-state index contributed by atoms with van der Waals surface area (Å²) in [4.78, 5) is 0. The Morgan fingerprint density at radius 3 is 1.89 bits per heavy atom. The summed E-state index contributed by atoms with van der Waals surface area (Å²) in [6.07, 6.45) is 7.97. The molecule has 18 heavy (non-hydrogen) atoms. The second-order valence-electron chi connectivity index (χ2n) is 10.1. The first-order valence-corrected chi connectivity index (χ1v) is 19.9. The van der Waals surface area contributed by atoms with Gasteiger partial charge in [0.05, 0.1) is 0 Å². The zero-order valence-electron chi connectivity index (χ0n) is 14.0. The zero-order chi connectivity index (χ0) is 14.5. The van der Waals surface area contributed by atoms with E-state index in [2.05, 4.69) is 76.4 Å². The Kier molecular flexibility index (Phi) is 3.49. The molecule has 0 aliphatic heterocycles. The van der Waals surface area contributed by atoms with E-state index in [9.17, 15) is 0 Å². The molecule has 3 heteroatoms. The van der Waals surface area contributed by atoms with Crippen molar-refractivity contribution < 1.29 is 13.5 Å². The van der Waals surface area contributed by atoms with Gasteiger partial charge < -0.3 is 0 Å². The molecule has 0 spiro atoms. The molecule has 1 rings (SSSR count). The number of rotatable bonds is 3. The summed E-state index contributed by atoms with van der Waals surface area (Å²) in [5, 5.41) is 10.6. The summed E-state index contributed by atoms with van der Waals surface area (Å²) >= 11 is -3.10. The van der Waals surface area contributed by atoms with Crippen molar-refractivity contribution in [1.82, 2.24) is 3.38 Å². The molecule has 1 nitrogen and oxygen atoms in total. The van der Waals surface area contributed by atoms with Crippen LogP contribution in [0, 0.1) is 0 Å². The van der Waals surface area contributed by atoms with Gasteiger partial charge in [0.1, 0.15) is 0 Å². The van der Waals surface area contributed by atoms with Gasteiger partial charge in [-0.25, -0.2) is 0 Å². The van der Waals surface area contributed by atoms with Crippen LogP contribution in [0.3, 0.4) is 0 Å². The van der Waals surface area contributed by atoms with E-state index >= 15 is 0 Å². The van der Waals surface area contributed by atoms with Crippen molar-refractivity contribution in [2.75, 3.05) is 0 Å². The first kappa shape index (κ1) is 16.3. The van der Waals surface area contributed by atoms with Crippen LogP contribution < -0.4 is 0 Å². The Bertz CT molecular complexity index is 403. The van der Waals surface area contributed by atoms with E-state index in [1.807, 2.05) is 0 Å². The molecule has 1 aliphatic carbocycles. The molecule has 0 unspecified atom stereocenters. The average Bonchev–Trinajstić information content (AvgIpc) is 2.50. The number of hydrogen-bond acceptors (Lipinski definition) is 1. The van der Waals surface area contributed by atoms with Crippen molar-refractivity contribution >= 4 is 6.66 Å². The summed E-state index contributed by atoms with van der Waals surface area (Å²) in [7, 11) is 0. The summed E-state index contributed by atoms with van der Waals surface area (Å²) < 4.78 is 2.88. The number of allylic oxidation sites excluding steroid dienone is 3. The molecular formula is C15H33NSiTi. The SMILES string of the molecule is C[SiH](C)[Ti]([CH3])([CH3])([CH3])([CH3])[N](C1=CC=CC1)C(C)(C)C. The molecule has 0 aromatic heterocycles. The second-order valence-corrected chi connectivity index (χ2v) is 45.3. The van der Waals surface area contributed by atoms with E-state index in [0.29, 0.717) is 0 Å². The van der Waals surface area contributed by atoms with Gasteiger partial charge in [-0.15, -0.1) is 0 Å². The van der Waals surface area contributed by atoms with Crippen LogP contribution in [0.25, 0.3) is 0 Å². The molecule has 1 aliphatic rings. The van der Waals surface area contributed by atoms with E-state index < -0.39 is 20.2 Å². The topological polar surface area (TPSA) is 3.24 Å². The van der Waals surface area contributed by atoms with Gasteiger partial charge in [-0.1, -0.05) is 0 Å². The van der Waals surface area contributed by atoms with E-state index in [1.165, 1.54) is 0 Å². The number of nitrogens with zero attached hydrogens (tertiary/aromatic N) is 1. The molecule has 0 N–H and O–H groups in total. The molecule has 0 aromatic carbocycles. The standard InChI is InChI=1S/C9H14N.C2H7Si.4CH3.Ti/c1-9(2,3)10-8-6-4-5-7-8;1-3-2;;;;;/h4-6H,7H2,1-3H3;3H,1-2H3;4*1H3;/q-1;;;;;;+1. The summed E-state index contributed by atoms with van der Waals surface area (Å²) in [5.41, 5.74) is 1.76. The van der Waals surface area contributed by atoms with Gasteiger partial charge in [0.25, 0.3) is 0 Å². The minimum atomic E-state index is -3.10. The van der Waals surface area contributed by atoms with Gasteiger partial charge in [0.2, 0.25) is 0 Å². The van der Waals surface area contributed by atoms with Crippen LogP contribution in [0.5, 0.6) is 0 Å². The third kappa shape index (κ3) is 2.71. The van der Waals surface area contributed by atoms with Gasteiger partial charge in [-0.05, 0) is 0 Å². The van der Waals surface area contributed by atoms with E-state index in [0.717, 1.165) is 6.42 Å². The van der Waals surface area contributed by atoms with Crippen molar-refractivity contribution in [2.24, 2.45) is 0 Å². The molecular weight excluding hydrogens is 270 g/mol. The molecule has 0 saturated heterocycles. The van der Waals surface area contributed by atoms with Crippen LogP contribution in [0.4, 0.5) is 0 Å². The predicted octanol–water partition coefficient (Wildman–Crippen LogP) is 5.25. The molecule has 0 amide bonds. The van der Waals surface area contributed by atoms with Gasteiger partial charge in [-0.2, -0.15) is 0 Å².